The van der Waals surface area contributed by atoms with Crippen molar-refractivity contribution in [1.29, 1.82) is 0 Å². The van der Waals surface area contributed by atoms with Crippen LogP contribution in [0.1, 0.15) is 5.56 Å². The van der Waals surface area contributed by atoms with Crippen molar-refractivity contribution in [3.63, 3.8) is 0 Å². The molecular formula is C10H15NO4. The molecule has 0 atom stereocenters. The van der Waals surface area contributed by atoms with E-state index in [9.17, 15) is 5.11 Å². The molecule has 15 heavy (non-hydrogen) atoms. The maximum Gasteiger partial charge on any atom is 0.123 e. The van der Waals surface area contributed by atoms with Crippen LogP contribution in [0.15, 0.2) is 18.2 Å². The van der Waals surface area contributed by atoms with E-state index in [1.807, 2.05) is 0 Å². The summed E-state index contributed by atoms with van der Waals surface area (Å²) >= 11 is 0. The van der Waals surface area contributed by atoms with E-state index in [0.29, 0.717) is 25.3 Å². The zero-order chi connectivity index (χ0) is 11.1. The van der Waals surface area contributed by atoms with Gasteiger partial charge in [0.15, 0.2) is 0 Å². The number of phenolic OH excluding ortho intramolecular Hbond substituents is 2. The smallest absolute Gasteiger partial charge is 0.123 e. The van der Waals surface area contributed by atoms with Gasteiger partial charge in [0.05, 0.1) is 13.2 Å². The number of hydroxylamine groups is 1. The van der Waals surface area contributed by atoms with Gasteiger partial charge < -0.3 is 14.9 Å². The van der Waals surface area contributed by atoms with Crippen molar-refractivity contribution in [1.82, 2.24) is 5.48 Å². The highest BCUT2D eigenvalue weighted by Gasteiger charge is 2.01. The van der Waals surface area contributed by atoms with E-state index in [2.05, 4.69) is 5.48 Å². The molecular weight excluding hydrogens is 198 g/mol. The molecule has 0 aliphatic carbocycles. The Morgan fingerprint density at radius 3 is 2.73 bits per heavy atom. The number of benzene rings is 1. The number of aromatic hydroxyl groups is 2. The number of hydrogen-bond donors (Lipinski definition) is 3. The molecule has 0 heterocycles. The van der Waals surface area contributed by atoms with E-state index in [1.54, 1.807) is 13.2 Å². The number of nitrogens with one attached hydrogen (secondary N) is 1. The summed E-state index contributed by atoms with van der Waals surface area (Å²) in [5.74, 6) is 0.0781. The highest BCUT2D eigenvalue weighted by Crippen LogP contribution is 2.21. The predicted molar refractivity (Wildman–Crippen MR) is 54.4 cm³/mol. The van der Waals surface area contributed by atoms with E-state index in [1.165, 1.54) is 12.1 Å². The molecule has 1 rings (SSSR count). The highest BCUT2D eigenvalue weighted by atomic mass is 16.7. The van der Waals surface area contributed by atoms with Crippen molar-refractivity contribution >= 4 is 0 Å². The van der Waals surface area contributed by atoms with E-state index >= 15 is 0 Å². The summed E-state index contributed by atoms with van der Waals surface area (Å²) in [5, 5.41) is 18.5. The summed E-state index contributed by atoms with van der Waals surface area (Å²) < 4.78 is 4.79. The Morgan fingerprint density at radius 1 is 1.27 bits per heavy atom. The molecule has 0 aliphatic heterocycles. The van der Waals surface area contributed by atoms with Crippen LogP contribution in [-0.4, -0.2) is 30.5 Å². The van der Waals surface area contributed by atoms with Gasteiger partial charge >= 0.3 is 0 Å². The standard InChI is InChI=1S/C10H15NO4/c1-14-4-5-15-11-7-8-2-3-9(12)6-10(8)13/h2-3,6,11-13H,4-5,7H2,1H3. The lowest BCUT2D eigenvalue weighted by Gasteiger charge is -2.07. The molecule has 0 aliphatic rings. The van der Waals surface area contributed by atoms with Crippen molar-refractivity contribution in [3.8, 4) is 11.5 Å². The lowest BCUT2D eigenvalue weighted by Crippen LogP contribution is -2.17. The Labute approximate surface area is 88.2 Å². The zero-order valence-electron chi connectivity index (χ0n) is 8.56. The molecule has 0 radical (unpaired) electrons. The van der Waals surface area contributed by atoms with Crippen LogP contribution in [0.5, 0.6) is 11.5 Å². The van der Waals surface area contributed by atoms with E-state index in [-0.39, 0.29) is 11.5 Å². The van der Waals surface area contributed by atoms with Crippen molar-refractivity contribution in [2.24, 2.45) is 0 Å². The van der Waals surface area contributed by atoms with Gasteiger partial charge in [-0.3, -0.25) is 4.84 Å². The SMILES string of the molecule is COCCONCc1ccc(O)cc1O. The molecule has 1 aromatic rings. The fourth-order valence-corrected chi connectivity index (χ4v) is 1.03. The molecule has 0 aromatic heterocycles. The average molecular weight is 213 g/mol. The van der Waals surface area contributed by atoms with Crippen molar-refractivity contribution < 1.29 is 19.8 Å². The van der Waals surface area contributed by atoms with Crippen LogP contribution >= 0.6 is 0 Å². The van der Waals surface area contributed by atoms with Gasteiger partial charge in [0.25, 0.3) is 0 Å². The van der Waals surface area contributed by atoms with E-state index in [0.717, 1.165) is 0 Å². The van der Waals surface area contributed by atoms with Crippen LogP contribution in [-0.2, 0) is 16.1 Å². The van der Waals surface area contributed by atoms with Gasteiger partial charge in [-0.05, 0) is 6.07 Å². The molecule has 5 nitrogen and oxygen atoms in total. The first-order valence-electron chi connectivity index (χ1n) is 4.58. The lowest BCUT2D eigenvalue weighted by atomic mass is 10.2. The summed E-state index contributed by atoms with van der Waals surface area (Å²) in [6.07, 6.45) is 0. The molecule has 1 aromatic carbocycles. The molecule has 0 amide bonds. The first-order chi connectivity index (χ1) is 7.24. The molecule has 5 heteroatoms. The monoisotopic (exact) mass is 213 g/mol. The number of ether oxygens (including phenoxy) is 1. The van der Waals surface area contributed by atoms with Crippen LogP contribution in [0.3, 0.4) is 0 Å². The van der Waals surface area contributed by atoms with Gasteiger partial charge in [-0.1, -0.05) is 6.07 Å². The molecule has 3 N–H and O–H groups in total. The molecule has 0 bridgehead atoms. The molecule has 0 saturated heterocycles. The number of hydrogen-bond acceptors (Lipinski definition) is 5. The Balaban J connectivity index is 2.31. The van der Waals surface area contributed by atoms with Gasteiger partial charge in [0.1, 0.15) is 11.5 Å². The quantitative estimate of drug-likeness (QED) is 0.481. The minimum atomic E-state index is 0.0385. The normalized spacial score (nSPS) is 10.5. The molecule has 0 unspecified atom stereocenters. The Kier molecular flexibility index (Phi) is 4.89. The minimum Gasteiger partial charge on any atom is -0.508 e. The second kappa shape index (κ2) is 6.23. The van der Waals surface area contributed by atoms with Crippen molar-refractivity contribution in [2.75, 3.05) is 20.3 Å². The fraction of sp³-hybridized carbons (Fsp3) is 0.400. The fourth-order valence-electron chi connectivity index (χ4n) is 1.03. The first-order valence-corrected chi connectivity index (χ1v) is 4.58. The third kappa shape index (κ3) is 4.16. The molecule has 0 spiro atoms. The molecule has 84 valence electrons. The summed E-state index contributed by atoms with van der Waals surface area (Å²) in [6, 6.07) is 4.41. The van der Waals surface area contributed by atoms with E-state index in [4.69, 9.17) is 14.7 Å². The van der Waals surface area contributed by atoms with Crippen LogP contribution in [0.25, 0.3) is 0 Å². The topological polar surface area (TPSA) is 71.0 Å². The predicted octanol–water partition coefficient (Wildman–Crippen LogP) is 0.765. The Bertz CT molecular complexity index is 303. The number of rotatable bonds is 6. The molecule has 0 saturated carbocycles. The first kappa shape index (κ1) is 11.8. The zero-order valence-corrected chi connectivity index (χ0v) is 8.56. The Morgan fingerprint density at radius 2 is 2.07 bits per heavy atom. The van der Waals surface area contributed by atoms with Gasteiger partial charge in [-0.15, -0.1) is 0 Å². The largest absolute Gasteiger partial charge is 0.508 e. The van der Waals surface area contributed by atoms with E-state index < -0.39 is 0 Å². The maximum atomic E-state index is 9.41. The lowest BCUT2D eigenvalue weighted by molar-refractivity contribution is 0.00321. The van der Waals surface area contributed by atoms with Crippen LogP contribution in [0, 0.1) is 0 Å². The van der Waals surface area contributed by atoms with Gasteiger partial charge in [0, 0.05) is 25.3 Å². The third-order valence-corrected chi connectivity index (χ3v) is 1.82. The van der Waals surface area contributed by atoms with Crippen molar-refractivity contribution in [2.45, 2.75) is 6.54 Å². The molecule has 0 fully saturated rings. The summed E-state index contributed by atoms with van der Waals surface area (Å²) in [6.45, 7) is 1.32. The number of phenols is 2. The minimum absolute atomic E-state index is 0.0385. The summed E-state index contributed by atoms with van der Waals surface area (Å²) in [5.41, 5.74) is 3.33. The van der Waals surface area contributed by atoms with Gasteiger partial charge in [-0.25, -0.2) is 0 Å². The van der Waals surface area contributed by atoms with Crippen LogP contribution in [0.4, 0.5) is 0 Å². The van der Waals surface area contributed by atoms with Crippen LogP contribution in [0.2, 0.25) is 0 Å². The van der Waals surface area contributed by atoms with Gasteiger partial charge in [0.2, 0.25) is 0 Å². The third-order valence-electron chi connectivity index (χ3n) is 1.82. The van der Waals surface area contributed by atoms with Crippen LogP contribution < -0.4 is 5.48 Å². The Hall–Kier alpha value is -1.30. The summed E-state index contributed by atoms with van der Waals surface area (Å²) in [4.78, 5) is 5.01. The van der Waals surface area contributed by atoms with Gasteiger partial charge in [-0.2, -0.15) is 5.48 Å². The number of methoxy groups -OCH3 is 1. The highest BCUT2D eigenvalue weighted by molar-refractivity contribution is 5.38. The van der Waals surface area contributed by atoms with Crippen molar-refractivity contribution in [3.05, 3.63) is 23.8 Å². The second-order valence-electron chi connectivity index (χ2n) is 2.98. The average Bonchev–Trinajstić information content (AvgIpc) is 2.20. The maximum absolute atomic E-state index is 9.41. The summed E-state index contributed by atoms with van der Waals surface area (Å²) in [7, 11) is 1.59. The second-order valence-corrected chi connectivity index (χ2v) is 2.98.